The Bertz CT molecular complexity index is 1110. The zero-order chi connectivity index (χ0) is 19.0. The van der Waals surface area contributed by atoms with Gasteiger partial charge in [0.2, 0.25) is 0 Å². The minimum atomic E-state index is -0.299. The molecule has 1 atom stereocenters. The van der Waals surface area contributed by atoms with Crippen molar-refractivity contribution in [1.29, 1.82) is 0 Å². The van der Waals surface area contributed by atoms with Crippen LogP contribution < -0.4 is 11.1 Å². The molecule has 1 aromatic carbocycles. The molecule has 0 saturated carbocycles. The molecule has 3 heterocycles. The number of imidazole rings is 1. The van der Waals surface area contributed by atoms with Gasteiger partial charge in [0, 0.05) is 31.1 Å². The lowest BCUT2D eigenvalue weighted by molar-refractivity contribution is 0.632. The molecule has 0 saturated heterocycles. The molecular weight excluding hydrogens is 345 g/mol. The fraction of sp³-hybridized carbons (Fsp3) is 0.158. The van der Waals surface area contributed by atoms with Crippen LogP contribution in [0.5, 0.6) is 0 Å². The van der Waals surface area contributed by atoms with E-state index in [1.54, 1.807) is 36.7 Å². The highest BCUT2D eigenvalue weighted by Crippen LogP contribution is 2.33. The summed E-state index contributed by atoms with van der Waals surface area (Å²) in [5, 5.41) is 3.26. The molecule has 0 fully saturated rings. The minimum absolute atomic E-state index is 0.176. The second kappa shape index (κ2) is 6.64. The van der Waals surface area contributed by atoms with Crippen LogP contribution >= 0.6 is 0 Å². The highest BCUT2D eigenvalue weighted by molar-refractivity contribution is 5.93. The number of hydrogen-bond acceptors (Lipinski definition) is 6. The van der Waals surface area contributed by atoms with Gasteiger partial charge in [0.05, 0.1) is 17.1 Å². The number of halogens is 1. The molecule has 0 unspecified atom stereocenters. The number of nitrogen functional groups attached to an aromatic ring is 1. The molecule has 7 nitrogen and oxygen atoms in total. The first kappa shape index (κ1) is 16.9. The summed E-state index contributed by atoms with van der Waals surface area (Å²) >= 11 is 0. The van der Waals surface area contributed by atoms with Crippen molar-refractivity contribution in [1.82, 2.24) is 24.5 Å². The molecule has 136 valence electrons. The molecule has 0 amide bonds. The van der Waals surface area contributed by atoms with Gasteiger partial charge in [-0.1, -0.05) is 0 Å². The van der Waals surface area contributed by atoms with Crippen molar-refractivity contribution in [3.05, 3.63) is 60.7 Å². The molecule has 27 heavy (non-hydrogen) atoms. The monoisotopic (exact) mass is 363 g/mol. The maximum atomic E-state index is 14.7. The Morgan fingerprint density at radius 1 is 1.15 bits per heavy atom. The lowest BCUT2D eigenvalue weighted by Crippen LogP contribution is -2.13. The van der Waals surface area contributed by atoms with Gasteiger partial charge in [0.15, 0.2) is 0 Å². The predicted octanol–water partition coefficient (Wildman–Crippen LogP) is 3.32. The molecule has 0 aliphatic carbocycles. The zero-order valence-corrected chi connectivity index (χ0v) is 14.9. The van der Waals surface area contributed by atoms with Gasteiger partial charge in [-0.05, 0) is 36.8 Å². The fourth-order valence-corrected chi connectivity index (χ4v) is 3.22. The molecule has 0 aliphatic rings. The third kappa shape index (κ3) is 3.05. The molecule has 3 aromatic heterocycles. The lowest BCUT2D eigenvalue weighted by atomic mass is 10.0. The SMILES string of the molecule is C[C@H](Nc1cc(N)ncn1)c1nc2ccc(F)c(-c3ccncc3)c2n1C. The first-order valence-corrected chi connectivity index (χ1v) is 8.44. The number of nitrogens with two attached hydrogens (primary N) is 1. The number of fused-ring (bicyclic) bond motifs is 1. The van der Waals surface area contributed by atoms with E-state index in [0.717, 1.165) is 22.4 Å². The van der Waals surface area contributed by atoms with Gasteiger partial charge in [-0.2, -0.15) is 0 Å². The number of aromatic nitrogens is 5. The Hall–Kier alpha value is -3.55. The number of benzene rings is 1. The van der Waals surface area contributed by atoms with Crippen molar-refractivity contribution in [2.45, 2.75) is 13.0 Å². The van der Waals surface area contributed by atoms with Crippen molar-refractivity contribution < 1.29 is 4.39 Å². The minimum Gasteiger partial charge on any atom is -0.384 e. The van der Waals surface area contributed by atoms with E-state index in [4.69, 9.17) is 10.7 Å². The highest BCUT2D eigenvalue weighted by atomic mass is 19.1. The van der Waals surface area contributed by atoms with Crippen LogP contribution in [0.25, 0.3) is 22.2 Å². The first-order chi connectivity index (χ1) is 13.0. The molecule has 0 aliphatic heterocycles. The van der Waals surface area contributed by atoms with Crippen LogP contribution in [0.4, 0.5) is 16.0 Å². The Morgan fingerprint density at radius 2 is 1.93 bits per heavy atom. The van der Waals surface area contributed by atoms with Crippen molar-refractivity contribution in [2.75, 3.05) is 11.1 Å². The van der Waals surface area contributed by atoms with Crippen LogP contribution in [0.2, 0.25) is 0 Å². The molecule has 0 radical (unpaired) electrons. The lowest BCUT2D eigenvalue weighted by Gasteiger charge is -2.15. The van der Waals surface area contributed by atoms with Crippen LogP contribution in [-0.2, 0) is 7.05 Å². The van der Waals surface area contributed by atoms with E-state index in [-0.39, 0.29) is 11.9 Å². The van der Waals surface area contributed by atoms with Crippen LogP contribution in [-0.4, -0.2) is 24.5 Å². The largest absolute Gasteiger partial charge is 0.384 e. The quantitative estimate of drug-likeness (QED) is 0.578. The van der Waals surface area contributed by atoms with E-state index in [0.29, 0.717) is 17.2 Å². The summed E-state index contributed by atoms with van der Waals surface area (Å²) in [4.78, 5) is 16.8. The van der Waals surface area contributed by atoms with Crippen LogP contribution in [0.3, 0.4) is 0 Å². The molecule has 8 heteroatoms. The normalized spacial score (nSPS) is 12.3. The summed E-state index contributed by atoms with van der Waals surface area (Å²) in [5.74, 6) is 1.44. The third-order valence-corrected chi connectivity index (χ3v) is 4.43. The number of pyridine rings is 1. The summed E-state index contributed by atoms with van der Waals surface area (Å²) in [6.45, 7) is 1.96. The van der Waals surface area contributed by atoms with Crippen molar-refractivity contribution in [2.24, 2.45) is 7.05 Å². The average Bonchev–Trinajstić information content (AvgIpc) is 2.99. The molecule has 3 N–H and O–H groups in total. The standard InChI is InChI=1S/C19H18FN7/c1-11(25-16-9-15(21)23-10-24-16)19-26-14-4-3-13(20)17(18(14)27(19)2)12-5-7-22-8-6-12/h3-11H,1-2H3,(H3,21,23,24,25)/t11-/m0/s1. The van der Waals surface area contributed by atoms with Crippen LogP contribution in [0.1, 0.15) is 18.8 Å². The molecule has 0 bridgehead atoms. The number of nitrogens with zero attached hydrogens (tertiary/aromatic N) is 5. The van der Waals surface area contributed by atoms with Crippen molar-refractivity contribution in [3.63, 3.8) is 0 Å². The van der Waals surface area contributed by atoms with Gasteiger partial charge >= 0.3 is 0 Å². The summed E-state index contributed by atoms with van der Waals surface area (Å²) in [5.41, 5.74) is 8.42. The molecule has 0 spiro atoms. The van der Waals surface area contributed by atoms with Gasteiger partial charge in [-0.25, -0.2) is 19.3 Å². The summed E-state index contributed by atoms with van der Waals surface area (Å²) in [6.07, 6.45) is 4.69. The van der Waals surface area contributed by atoms with E-state index in [1.165, 1.54) is 12.4 Å². The third-order valence-electron chi connectivity index (χ3n) is 4.43. The van der Waals surface area contributed by atoms with Crippen molar-refractivity contribution in [3.8, 4) is 11.1 Å². The van der Waals surface area contributed by atoms with Gasteiger partial charge in [0.1, 0.15) is 29.6 Å². The zero-order valence-electron chi connectivity index (χ0n) is 14.9. The second-order valence-corrected chi connectivity index (χ2v) is 6.25. The summed E-state index contributed by atoms with van der Waals surface area (Å²) in [6, 6.07) is 8.18. The maximum absolute atomic E-state index is 14.7. The van der Waals surface area contributed by atoms with E-state index < -0.39 is 0 Å². The molecule has 4 aromatic rings. The van der Waals surface area contributed by atoms with Crippen molar-refractivity contribution >= 4 is 22.7 Å². The topological polar surface area (TPSA) is 94.5 Å². The van der Waals surface area contributed by atoms with Gasteiger partial charge in [-0.3, -0.25) is 4.98 Å². The average molecular weight is 363 g/mol. The Labute approximate surface area is 155 Å². The second-order valence-electron chi connectivity index (χ2n) is 6.25. The molecule has 4 rings (SSSR count). The van der Waals surface area contributed by atoms with E-state index in [9.17, 15) is 4.39 Å². The smallest absolute Gasteiger partial charge is 0.133 e. The number of nitrogens with one attached hydrogen (secondary N) is 1. The number of anilines is 2. The van der Waals surface area contributed by atoms with Crippen LogP contribution in [0.15, 0.2) is 49.1 Å². The first-order valence-electron chi connectivity index (χ1n) is 8.44. The number of rotatable bonds is 4. The Morgan fingerprint density at radius 3 is 2.67 bits per heavy atom. The van der Waals surface area contributed by atoms with Gasteiger partial charge in [0.25, 0.3) is 0 Å². The number of hydrogen-bond donors (Lipinski definition) is 2. The fourth-order valence-electron chi connectivity index (χ4n) is 3.22. The van der Waals surface area contributed by atoms with Gasteiger partial charge < -0.3 is 15.6 Å². The predicted molar refractivity (Wildman–Crippen MR) is 102 cm³/mol. The summed E-state index contributed by atoms with van der Waals surface area (Å²) in [7, 11) is 1.88. The van der Waals surface area contributed by atoms with E-state index in [2.05, 4.69) is 20.3 Å². The number of aryl methyl sites for hydroxylation is 1. The molecular formula is C19H18FN7. The van der Waals surface area contributed by atoms with Gasteiger partial charge in [-0.15, -0.1) is 0 Å². The summed E-state index contributed by atoms with van der Waals surface area (Å²) < 4.78 is 16.6. The Kier molecular flexibility index (Phi) is 4.15. The Balaban J connectivity index is 1.80. The van der Waals surface area contributed by atoms with E-state index >= 15 is 0 Å². The maximum Gasteiger partial charge on any atom is 0.133 e. The highest BCUT2D eigenvalue weighted by Gasteiger charge is 2.20. The van der Waals surface area contributed by atoms with Crippen LogP contribution in [0, 0.1) is 5.82 Å². The van der Waals surface area contributed by atoms with E-state index in [1.807, 2.05) is 18.5 Å².